The van der Waals surface area contributed by atoms with Gasteiger partial charge in [0.2, 0.25) is 0 Å². The SMILES string of the molecule is CC[n+]1sc2ccccc2c1Cl.[Cl-]. The van der Waals surface area contributed by atoms with Crippen molar-refractivity contribution in [1.82, 2.24) is 0 Å². The molecule has 0 aliphatic rings. The summed E-state index contributed by atoms with van der Waals surface area (Å²) < 4.78 is 3.34. The second-order valence-corrected chi connectivity index (χ2v) is 3.99. The van der Waals surface area contributed by atoms with Crippen LogP contribution in [-0.4, -0.2) is 0 Å². The lowest BCUT2D eigenvalue weighted by atomic mass is 10.3. The van der Waals surface area contributed by atoms with Crippen molar-refractivity contribution < 1.29 is 16.4 Å². The Kier molecular flexibility index (Phi) is 3.54. The van der Waals surface area contributed by atoms with Crippen molar-refractivity contribution in [3.63, 3.8) is 0 Å². The summed E-state index contributed by atoms with van der Waals surface area (Å²) in [5.41, 5.74) is 0. The second-order valence-electron chi connectivity index (χ2n) is 2.57. The molecule has 0 aliphatic heterocycles. The first-order valence-electron chi connectivity index (χ1n) is 3.90. The summed E-state index contributed by atoms with van der Waals surface area (Å²) in [6.45, 7) is 3.04. The van der Waals surface area contributed by atoms with Crippen LogP contribution in [0.25, 0.3) is 10.1 Å². The van der Waals surface area contributed by atoms with Gasteiger partial charge < -0.3 is 12.4 Å². The maximum absolute atomic E-state index is 6.13. The van der Waals surface area contributed by atoms with Gasteiger partial charge in [0.15, 0.2) is 6.54 Å². The van der Waals surface area contributed by atoms with Gasteiger partial charge in [-0.2, -0.15) is 0 Å². The van der Waals surface area contributed by atoms with Crippen LogP contribution >= 0.6 is 23.1 Å². The molecule has 0 atom stereocenters. The topological polar surface area (TPSA) is 3.88 Å². The third-order valence-corrected chi connectivity index (χ3v) is 3.55. The van der Waals surface area contributed by atoms with Crippen molar-refractivity contribution in [2.75, 3.05) is 0 Å². The van der Waals surface area contributed by atoms with E-state index in [0.717, 1.165) is 17.1 Å². The fraction of sp³-hybridized carbons (Fsp3) is 0.222. The lowest BCUT2D eigenvalue weighted by molar-refractivity contribution is -0.621. The Morgan fingerprint density at radius 3 is 2.69 bits per heavy atom. The van der Waals surface area contributed by atoms with Gasteiger partial charge in [0.1, 0.15) is 16.2 Å². The van der Waals surface area contributed by atoms with Crippen LogP contribution in [0.15, 0.2) is 24.3 Å². The molecule has 0 bridgehead atoms. The van der Waals surface area contributed by atoms with Gasteiger partial charge >= 0.3 is 0 Å². The molecule has 4 heteroatoms. The van der Waals surface area contributed by atoms with Crippen LogP contribution in [-0.2, 0) is 6.54 Å². The maximum Gasteiger partial charge on any atom is 0.297 e. The van der Waals surface area contributed by atoms with Crippen LogP contribution in [0.3, 0.4) is 0 Å². The van der Waals surface area contributed by atoms with Crippen molar-refractivity contribution in [2.45, 2.75) is 13.5 Å². The Balaban J connectivity index is 0.000000845. The van der Waals surface area contributed by atoms with Crippen molar-refractivity contribution >= 4 is 33.2 Å². The van der Waals surface area contributed by atoms with E-state index in [9.17, 15) is 0 Å². The Bertz CT molecular complexity index is 411. The molecule has 1 aromatic heterocycles. The summed E-state index contributed by atoms with van der Waals surface area (Å²) in [4.78, 5) is 0. The zero-order chi connectivity index (χ0) is 8.55. The number of aryl methyl sites for hydroxylation is 1. The molecule has 2 rings (SSSR count). The van der Waals surface area contributed by atoms with E-state index in [1.807, 2.05) is 12.1 Å². The molecule has 1 heterocycles. The van der Waals surface area contributed by atoms with Gasteiger partial charge in [-0.1, -0.05) is 12.1 Å². The zero-order valence-corrected chi connectivity index (χ0v) is 9.46. The fourth-order valence-corrected chi connectivity index (χ4v) is 2.60. The number of benzene rings is 1. The van der Waals surface area contributed by atoms with Gasteiger partial charge in [-0.15, -0.1) is 3.96 Å². The number of aromatic nitrogens is 1. The highest BCUT2D eigenvalue weighted by atomic mass is 35.5. The van der Waals surface area contributed by atoms with Crippen molar-refractivity contribution in [3.05, 3.63) is 29.4 Å². The minimum absolute atomic E-state index is 0. The highest BCUT2D eigenvalue weighted by Crippen LogP contribution is 2.23. The van der Waals surface area contributed by atoms with E-state index in [1.165, 1.54) is 4.70 Å². The van der Waals surface area contributed by atoms with E-state index in [2.05, 4.69) is 23.0 Å². The van der Waals surface area contributed by atoms with Crippen LogP contribution in [0.2, 0.25) is 5.15 Å². The molecule has 0 saturated heterocycles. The summed E-state index contributed by atoms with van der Waals surface area (Å²) in [5, 5.41) is 2.02. The van der Waals surface area contributed by atoms with E-state index in [1.54, 1.807) is 11.5 Å². The van der Waals surface area contributed by atoms with E-state index in [-0.39, 0.29) is 12.4 Å². The van der Waals surface area contributed by atoms with Crippen LogP contribution in [0, 0.1) is 0 Å². The van der Waals surface area contributed by atoms with Crippen LogP contribution in [0.1, 0.15) is 6.92 Å². The third kappa shape index (κ3) is 1.80. The molecule has 0 unspecified atom stereocenters. The van der Waals surface area contributed by atoms with Crippen molar-refractivity contribution in [1.29, 1.82) is 0 Å². The quantitative estimate of drug-likeness (QED) is 0.605. The fourth-order valence-electron chi connectivity index (χ4n) is 1.21. The first-order valence-corrected chi connectivity index (χ1v) is 5.05. The second kappa shape index (κ2) is 4.27. The molecule has 1 aromatic carbocycles. The molecule has 0 spiro atoms. The summed E-state index contributed by atoms with van der Waals surface area (Å²) in [7, 11) is 0. The number of halogens is 2. The van der Waals surface area contributed by atoms with Gasteiger partial charge in [0, 0.05) is 0 Å². The molecule has 0 N–H and O–H groups in total. The molecule has 0 saturated carbocycles. The molecular weight excluding hydrogens is 225 g/mol. The summed E-state index contributed by atoms with van der Waals surface area (Å²) in [6, 6.07) is 8.20. The number of hydrogen-bond acceptors (Lipinski definition) is 1. The first-order chi connectivity index (χ1) is 5.83. The van der Waals surface area contributed by atoms with Gasteiger partial charge in [-0.3, -0.25) is 0 Å². The normalized spacial score (nSPS) is 10.0. The van der Waals surface area contributed by atoms with Crippen LogP contribution in [0.4, 0.5) is 0 Å². The molecule has 0 amide bonds. The number of nitrogens with zero attached hydrogens (tertiary/aromatic N) is 1. The summed E-state index contributed by atoms with van der Waals surface area (Å²) in [6.07, 6.45) is 0. The molecule has 1 nitrogen and oxygen atoms in total. The molecule has 13 heavy (non-hydrogen) atoms. The van der Waals surface area contributed by atoms with E-state index in [4.69, 9.17) is 11.6 Å². The van der Waals surface area contributed by atoms with Gasteiger partial charge in [0.05, 0.1) is 5.39 Å². The van der Waals surface area contributed by atoms with Gasteiger partial charge in [-0.05, 0) is 30.7 Å². The Morgan fingerprint density at radius 1 is 1.38 bits per heavy atom. The Morgan fingerprint density at radius 2 is 2.08 bits per heavy atom. The predicted molar refractivity (Wildman–Crippen MR) is 52.7 cm³/mol. The molecule has 0 radical (unpaired) electrons. The highest BCUT2D eigenvalue weighted by Gasteiger charge is 2.15. The molecule has 2 aromatic rings. The minimum atomic E-state index is 0. The Hall–Kier alpha value is -0.310. The largest absolute Gasteiger partial charge is 1.00 e. The molecule has 70 valence electrons. The summed E-state index contributed by atoms with van der Waals surface area (Å²) in [5.74, 6) is 0. The highest BCUT2D eigenvalue weighted by molar-refractivity contribution is 7.09. The third-order valence-electron chi connectivity index (χ3n) is 1.82. The van der Waals surface area contributed by atoms with Gasteiger partial charge in [-0.25, -0.2) is 0 Å². The molecular formula is C9H9Cl2NS. The lowest BCUT2D eigenvalue weighted by Gasteiger charge is -1.82. The standard InChI is InChI=1S/C9H9ClNS.ClH/c1-2-11-9(10)7-5-3-4-6-8(7)12-11;/h3-6H,2H2,1H3;1H/q+1;/p-1. The minimum Gasteiger partial charge on any atom is -1.00 e. The number of fused-ring (bicyclic) bond motifs is 1. The van der Waals surface area contributed by atoms with Gasteiger partial charge in [0.25, 0.3) is 5.15 Å². The average molecular weight is 234 g/mol. The number of hydrogen-bond donors (Lipinski definition) is 0. The lowest BCUT2D eigenvalue weighted by Crippen LogP contribution is -3.00. The van der Waals surface area contributed by atoms with E-state index >= 15 is 0 Å². The average Bonchev–Trinajstić information content (AvgIpc) is 2.44. The van der Waals surface area contributed by atoms with Crippen molar-refractivity contribution in [3.8, 4) is 0 Å². The Labute approximate surface area is 92.5 Å². The monoisotopic (exact) mass is 233 g/mol. The molecule has 0 fully saturated rings. The van der Waals surface area contributed by atoms with E-state index < -0.39 is 0 Å². The number of rotatable bonds is 1. The smallest absolute Gasteiger partial charge is 0.297 e. The van der Waals surface area contributed by atoms with Crippen LogP contribution in [0.5, 0.6) is 0 Å². The predicted octanol–water partition coefficient (Wildman–Crippen LogP) is -0.134. The molecule has 0 aliphatic carbocycles. The maximum atomic E-state index is 6.13. The van der Waals surface area contributed by atoms with E-state index in [0.29, 0.717) is 0 Å². The summed E-state index contributed by atoms with van der Waals surface area (Å²) >= 11 is 7.84. The first kappa shape index (κ1) is 10.8. The van der Waals surface area contributed by atoms with Crippen molar-refractivity contribution in [2.24, 2.45) is 0 Å². The van der Waals surface area contributed by atoms with Crippen LogP contribution < -0.4 is 16.4 Å². The zero-order valence-electron chi connectivity index (χ0n) is 7.13.